The van der Waals surface area contributed by atoms with Crippen LogP contribution in [-0.2, 0) is 10.2 Å². The van der Waals surface area contributed by atoms with E-state index in [9.17, 15) is 8.42 Å². The van der Waals surface area contributed by atoms with Gasteiger partial charge in [-0.2, -0.15) is 12.7 Å². The minimum atomic E-state index is -3.50. The molecule has 1 saturated heterocycles. The third-order valence-electron chi connectivity index (χ3n) is 2.79. The monoisotopic (exact) mass is 256 g/mol. The van der Waals surface area contributed by atoms with Crippen LogP contribution >= 0.6 is 0 Å². The summed E-state index contributed by atoms with van der Waals surface area (Å²) in [7, 11) is -3.50. The van der Waals surface area contributed by atoms with Crippen molar-refractivity contribution in [3.8, 4) is 0 Å². The van der Waals surface area contributed by atoms with Crippen LogP contribution in [0.4, 0.5) is 0 Å². The molecule has 0 aliphatic carbocycles. The van der Waals surface area contributed by atoms with E-state index in [0.29, 0.717) is 25.9 Å². The predicted molar refractivity (Wildman–Crippen MR) is 66.3 cm³/mol. The van der Waals surface area contributed by atoms with Crippen molar-refractivity contribution in [3.05, 3.63) is 24.6 Å². The van der Waals surface area contributed by atoms with Crippen LogP contribution in [0.25, 0.3) is 0 Å². The first-order valence-electron chi connectivity index (χ1n) is 5.51. The van der Waals surface area contributed by atoms with Crippen molar-refractivity contribution in [2.24, 2.45) is 10.7 Å². The summed E-state index contributed by atoms with van der Waals surface area (Å²) < 4.78 is 27.1. The molecule has 0 aromatic carbocycles. The Morgan fingerprint density at radius 2 is 1.94 bits per heavy atom. The van der Waals surface area contributed by atoms with Crippen molar-refractivity contribution in [2.45, 2.75) is 18.9 Å². The second-order valence-corrected chi connectivity index (χ2v) is 5.86. The second kappa shape index (κ2) is 4.99. The Morgan fingerprint density at radius 1 is 1.24 bits per heavy atom. The molecule has 0 spiro atoms. The standard InChI is InChI=1S/C10H16N4O2S/c11-10-3-7-13(8-4-10)17(15,16)14-6-2-1-5-12-9-14/h1-2,5-6,9-10H,3-4,7-8,11H2. The zero-order chi connectivity index (χ0) is 12.3. The molecule has 1 fully saturated rings. The summed E-state index contributed by atoms with van der Waals surface area (Å²) >= 11 is 0. The summed E-state index contributed by atoms with van der Waals surface area (Å²) in [6.45, 7) is 0.935. The highest BCUT2D eigenvalue weighted by atomic mass is 32.2. The van der Waals surface area contributed by atoms with E-state index in [1.54, 1.807) is 12.2 Å². The molecule has 17 heavy (non-hydrogen) atoms. The van der Waals surface area contributed by atoms with Gasteiger partial charge in [0.25, 0.3) is 0 Å². The Kier molecular flexibility index (Phi) is 3.60. The summed E-state index contributed by atoms with van der Waals surface area (Å²) in [6, 6.07) is 0.108. The third kappa shape index (κ3) is 2.74. The lowest BCUT2D eigenvalue weighted by atomic mass is 10.1. The van der Waals surface area contributed by atoms with Crippen molar-refractivity contribution in [3.63, 3.8) is 0 Å². The van der Waals surface area contributed by atoms with Gasteiger partial charge in [0.05, 0.1) is 0 Å². The molecule has 0 radical (unpaired) electrons. The maximum absolute atomic E-state index is 12.2. The van der Waals surface area contributed by atoms with E-state index in [0.717, 1.165) is 4.31 Å². The van der Waals surface area contributed by atoms with E-state index in [1.807, 2.05) is 0 Å². The number of hydrogen-bond donors (Lipinski definition) is 1. The maximum Gasteiger partial charge on any atom is 0.308 e. The molecule has 0 atom stereocenters. The number of rotatable bonds is 2. The molecule has 0 unspecified atom stereocenters. The van der Waals surface area contributed by atoms with Gasteiger partial charge >= 0.3 is 10.2 Å². The molecule has 0 aromatic heterocycles. The van der Waals surface area contributed by atoms with E-state index < -0.39 is 10.2 Å². The molecule has 2 aliphatic rings. The van der Waals surface area contributed by atoms with Gasteiger partial charge in [0, 0.05) is 31.5 Å². The first-order valence-corrected chi connectivity index (χ1v) is 6.91. The van der Waals surface area contributed by atoms with Crippen molar-refractivity contribution >= 4 is 16.5 Å². The zero-order valence-corrected chi connectivity index (χ0v) is 10.3. The summed E-state index contributed by atoms with van der Waals surface area (Å²) in [5.41, 5.74) is 5.76. The van der Waals surface area contributed by atoms with E-state index in [-0.39, 0.29) is 6.04 Å². The molecular weight excluding hydrogens is 240 g/mol. The second-order valence-electron chi connectivity index (χ2n) is 4.02. The Bertz CT molecular complexity index is 431. The highest BCUT2D eigenvalue weighted by Gasteiger charge is 2.30. The molecule has 0 aromatic rings. The largest absolute Gasteiger partial charge is 0.328 e. The molecule has 6 nitrogen and oxygen atoms in total. The van der Waals surface area contributed by atoms with Crippen molar-refractivity contribution in [1.82, 2.24) is 8.61 Å². The van der Waals surface area contributed by atoms with E-state index in [1.165, 1.54) is 23.0 Å². The summed E-state index contributed by atoms with van der Waals surface area (Å²) in [6.07, 6.45) is 9.04. The molecule has 0 bridgehead atoms. The quantitative estimate of drug-likeness (QED) is 0.756. The number of allylic oxidation sites excluding steroid dienone is 2. The first kappa shape index (κ1) is 12.3. The first-order chi connectivity index (χ1) is 8.10. The number of aliphatic imine (C=N–C) groups is 1. The highest BCUT2D eigenvalue weighted by Crippen LogP contribution is 2.16. The fourth-order valence-corrected chi connectivity index (χ4v) is 3.09. The minimum absolute atomic E-state index is 0.108. The lowest BCUT2D eigenvalue weighted by Gasteiger charge is -2.31. The van der Waals surface area contributed by atoms with E-state index >= 15 is 0 Å². The molecule has 94 valence electrons. The van der Waals surface area contributed by atoms with Gasteiger partial charge in [-0.05, 0) is 25.0 Å². The van der Waals surface area contributed by atoms with Crippen molar-refractivity contribution in [1.29, 1.82) is 0 Å². The Hall–Kier alpha value is -1.18. The summed E-state index contributed by atoms with van der Waals surface area (Å²) in [5.74, 6) is 0. The van der Waals surface area contributed by atoms with Gasteiger partial charge in [-0.25, -0.2) is 9.30 Å². The Balaban J connectivity index is 2.13. The van der Waals surface area contributed by atoms with Crippen LogP contribution in [-0.4, -0.2) is 42.5 Å². The lowest BCUT2D eigenvalue weighted by Crippen LogP contribution is -2.47. The number of hydrogen-bond acceptors (Lipinski definition) is 4. The predicted octanol–water partition coefficient (Wildman–Crippen LogP) is 0.0256. The normalized spacial score (nSPS) is 23.0. The third-order valence-corrected chi connectivity index (χ3v) is 4.55. The molecule has 2 heterocycles. The van der Waals surface area contributed by atoms with Crippen molar-refractivity contribution < 1.29 is 8.42 Å². The van der Waals surface area contributed by atoms with Gasteiger partial charge in [0.15, 0.2) is 0 Å². The zero-order valence-electron chi connectivity index (χ0n) is 9.44. The Morgan fingerprint density at radius 3 is 2.65 bits per heavy atom. The van der Waals surface area contributed by atoms with Gasteiger partial charge in [-0.15, -0.1) is 0 Å². The lowest BCUT2D eigenvalue weighted by molar-refractivity contribution is 0.311. The molecular formula is C10H16N4O2S. The van der Waals surface area contributed by atoms with Gasteiger partial charge in [0.2, 0.25) is 0 Å². The van der Waals surface area contributed by atoms with Crippen LogP contribution in [0, 0.1) is 0 Å². The van der Waals surface area contributed by atoms with Crippen LogP contribution < -0.4 is 5.73 Å². The minimum Gasteiger partial charge on any atom is -0.328 e. The molecule has 0 amide bonds. The molecule has 2 aliphatic heterocycles. The number of nitrogens with zero attached hydrogens (tertiary/aromatic N) is 3. The summed E-state index contributed by atoms with van der Waals surface area (Å²) in [4.78, 5) is 3.86. The molecule has 0 saturated carbocycles. The molecule has 7 heteroatoms. The maximum atomic E-state index is 12.2. The molecule has 2 N–H and O–H groups in total. The van der Waals surface area contributed by atoms with Gasteiger partial charge in [-0.1, -0.05) is 0 Å². The fraction of sp³-hybridized carbons (Fsp3) is 0.500. The summed E-state index contributed by atoms with van der Waals surface area (Å²) in [5, 5.41) is 0. The average molecular weight is 256 g/mol. The Labute approximate surface area is 101 Å². The van der Waals surface area contributed by atoms with E-state index in [4.69, 9.17) is 5.73 Å². The number of piperidine rings is 1. The van der Waals surface area contributed by atoms with Gasteiger partial charge < -0.3 is 5.73 Å². The highest BCUT2D eigenvalue weighted by molar-refractivity contribution is 7.87. The van der Waals surface area contributed by atoms with Crippen LogP contribution in [0.15, 0.2) is 29.5 Å². The van der Waals surface area contributed by atoms with Crippen LogP contribution in [0.1, 0.15) is 12.8 Å². The van der Waals surface area contributed by atoms with Gasteiger partial charge in [-0.3, -0.25) is 0 Å². The topological polar surface area (TPSA) is 79.0 Å². The number of nitrogens with two attached hydrogens (primary N) is 1. The van der Waals surface area contributed by atoms with Crippen LogP contribution in [0.2, 0.25) is 0 Å². The SMILES string of the molecule is NC1CCN(S(=O)(=O)N2C=CC=CN=C2)CC1. The van der Waals surface area contributed by atoms with Crippen molar-refractivity contribution in [2.75, 3.05) is 13.1 Å². The van der Waals surface area contributed by atoms with Gasteiger partial charge in [0.1, 0.15) is 6.34 Å². The average Bonchev–Trinajstić information content (AvgIpc) is 2.58. The van der Waals surface area contributed by atoms with E-state index in [2.05, 4.69) is 4.99 Å². The smallest absolute Gasteiger partial charge is 0.308 e. The van der Waals surface area contributed by atoms with Crippen LogP contribution in [0.3, 0.4) is 0 Å². The fourth-order valence-electron chi connectivity index (χ4n) is 1.75. The van der Waals surface area contributed by atoms with Crippen LogP contribution in [0.5, 0.6) is 0 Å². The molecule has 2 rings (SSSR count).